The Labute approximate surface area is 181 Å². The molecule has 0 unspecified atom stereocenters. The van der Waals surface area contributed by atoms with Gasteiger partial charge in [-0.1, -0.05) is 30.3 Å². The highest BCUT2D eigenvalue weighted by molar-refractivity contribution is 8.00. The van der Waals surface area contributed by atoms with E-state index in [1.165, 1.54) is 36.2 Å². The molecule has 0 aromatic heterocycles. The predicted octanol–water partition coefficient (Wildman–Crippen LogP) is 3.76. The second kappa shape index (κ2) is 10.4. The number of benzene rings is 2. The standard InChI is InChI=1S/C24H27NO4S/c1-16(24(28)20-8-6-18(7-9-20)12-13-25-17(2)26)29-23(27)15-30-22-11-10-19-4-3-5-21(19)14-22/h6-11,14,16H,3-5,12-13,15H2,1-2H3,(H,25,26)/t16-/m1/s1. The number of Topliss-reactive ketones (excluding diaryl/α,β-unsaturated/α-hetero) is 1. The first-order valence-electron chi connectivity index (χ1n) is 10.2. The van der Waals surface area contributed by atoms with Crippen molar-refractivity contribution in [3.8, 4) is 0 Å². The summed E-state index contributed by atoms with van der Waals surface area (Å²) in [4.78, 5) is 36.7. The molecule has 1 atom stereocenters. The van der Waals surface area contributed by atoms with E-state index in [4.69, 9.17) is 4.74 Å². The SMILES string of the molecule is CC(=O)NCCc1ccc(C(=O)[C@@H](C)OC(=O)CSc2ccc3c(c2)CCC3)cc1. The number of amides is 1. The number of carbonyl (C=O) groups excluding carboxylic acids is 3. The van der Waals surface area contributed by atoms with Gasteiger partial charge in [0, 0.05) is 23.9 Å². The second-order valence-corrected chi connectivity index (χ2v) is 8.55. The first-order chi connectivity index (χ1) is 14.4. The Morgan fingerprint density at radius 3 is 2.53 bits per heavy atom. The highest BCUT2D eigenvalue weighted by Crippen LogP contribution is 2.27. The number of rotatable bonds is 9. The van der Waals surface area contributed by atoms with E-state index >= 15 is 0 Å². The van der Waals surface area contributed by atoms with Gasteiger partial charge in [-0.3, -0.25) is 14.4 Å². The molecule has 1 amide bonds. The van der Waals surface area contributed by atoms with Gasteiger partial charge in [0.2, 0.25) is 11.7 Å². The van der Waals surface area contributed by atoms with E-state index in [2.05, 4.69) is 17.4 Å². The molecule has 0 radical (unpaired) electrons. The van der Waals surface area contributed by atoms with Crippen LogP contribution in [-0.2, 0) is 33.6 Å². The molecule has 2 aromatic carbocycles. The zero-order valence-corrected chi connectivity index (χ0v) is 18.2. The minimum atomic E-state index is -0.830. The molecule has 0 aliphatic heterocycles. The fourth-order valence-electron chi connectivity index (χ4n) is 3.52. The Bertz CT molecular complexity index is 923. The van der Waals surface area contributed by atoms with Crippen LogP contribution in [0.3, 0.4) is 0 Å². The highest BCUT2D eigenvalue weighted by atomic mass is 32.2. The number of hydrogen-bond donors (Lipinski definition) is 1. The van der Waals surface area contributed by atoms with E-state index in [1.807, 2.05) is 18.2 Å². The monoisotopic (exact) mass is 425 g/mol. The maximum absolute atomic E-state index is 12.6. The van der Waals surface area contributed by atoms with Gasteiger partial charge >= 0.3 is 5.97 Å². The molecule has 0 bridgehead atoms. The molecule has 2 aromatic rings. The minimum absolute atomic E-state index is 0.0632. The molecule has 0 saturated heterocycles. The van der Waals surface area contributed by atoms with Gasteiger partial charge < -0.3 is 10.1 Å². The molecule has 5 nitrogen and oxygen atoms in total. The molecule has 1 aliphatic rings. The summed E-state index contributed by atoms with van der Waals surface area (Å²) in [6.07, 6.45) is 3.30. The summed E-state index contributed by atoms with van der Waals surface area (Å²) in [6, 6.07) is 13.5. The lowest BCUT2D eigenvalue weighted by Gasteiger charge is -2.13. The van der Waals surface area contributed by atoms with Crippen molar-refractivity contribution in [1.82, 2.24) is 5.32 Å². The van der Waals surface area contributed by atoms with Crippen LogP contribution >= 0.6 is 11.8 Å². The molecule has 1 N–H and O–H groups in total. The minimum Gasteiger partial charge on any atom is -0.454 e. The van der Waals surface area contributed by atoms with E-state index in [0.29, 0.717) is 18.5 Å². The quantitative estimate of drug-likeness (QED) is 0.376. The average molecular weight is 426 g/mol. The van der Waals surface area contributed by atoms with E-state index in [-0.39, 0.29) is 17.4 Å². The van der Waals surface area contributed by atoms with Crippen LogP contribution in [0.25, 0.3) is 0 Å². The normalized spacial score (nSPS) is 13.4. The van der Waals surface area contributed by atoms with Crippen LogP contribution in [0.15, 0.2) is 47.4 Å². The maximum atomic E-state index is 12.6. The Hall–Kier alpha value is -2.60. The summed E-state index contributed by atoms with van der Waals surface area (Å²) < 4.78 is 5.35. The molecule has 0 spiro atoms. The van der Waals surface area contributed by atoms with Gasteiger partial charge in [-0.2, -0.15) is 0 Å². The smallest absolute Gasteiger partial charge is 0.316 e. The Balaban J connectivity index is 1.46. The maximum Gasteiger partial charge on any atom is 0.316 e. The lowest BCUT2D eigenvalue weighted by atomic mass is 10.0. The van der Waals surface area contributed by atoms with Crippen molar-refractivity contribution in [1.29, 1.82) is 0 Å². The molecule has 6 heteroatoms. The van der Waals surface area contributed by atoms with Crippen LogP contribution < -0.4 is 5.32 Å². The van der Waals surface area contributed by atoms with Gasteiger partial charge in [-0.25, -0.2) is 0 Å². The number of thioether (sulfide) groups is 1. The fraction of sp³-hybridized carbons (Fsp3) is 0.375. The summed E-state index contributed by atoms with van der Waals surface area (Å²) in [5.41, 5.74) is 4.31. The van der Waals surface area contributed by atoms with Crippen molar-refractivity contribution < 1.29 is 19.1 Å². The fourth-order valence-corrected chi connectivity index (χ4v) is 4.26. The molecule has 158 valence electrons. The zero-order chi connectivity index (χ0) is 21.5. The van der Waals surface area contributed by atoms with Gasteiger partial charge in [-0.15, -0.1) is 11.8 Å². The number of fused-ring (bicyclic) bond motifs is 1. The number of ketones is 1. The van der Waals surface area contributed by atoms with Crippen molar-refractivity contribution >= 4 is 29.4 Å². The van der Waals surface area contributed by atoms with Crippen molar-refractivity contribution in [2.75, 3.05) is 12.3 Å². The van der Waals surface area contributed by atoms with E-state index in [1.54, 1.807) is 19.1 Å². The second-order valence-electron chi connectivity index (χ2n) is 7.50. The first kappa shape index (κ1) is 22.1. The summed E-state index contributed by atoms with van der Waals surface area (Å²) >= 11 is 1.44. The van der Waals surface area contributed by atoms with Crippen molar-refractivity contribution in [2.45, 2.75) is 50.5 Å². The van der Waals surface area contributed by atoms with Crippen molar-refractivity contribution in [3.05, 3.63) is 64.7 Å². The van der Waals surface area contributed by atoms with Crippen LogP contribution in [0.1, 0.15) is 47.3 Å². The Morgan fingerprint density at radius 2 is 1.80 bits per heavy atom. The Morgan fingerprint density at radius 1 is 1.07 bits per heavy atom. The molecule has 30 heavy (non-hydrogen) atoms. The van der Waals surface area contributed by atoms with E-state index < -0.39 is 12.1 Å². The van der Waals surface area contributed by atoms with Crippen LogP contribution in [0, 0.1) is 0 Å². The first-order valence-corrected chi connectivity index (χ1v) is 11.2. The molecule has 0 fully saturated rings. The van der Waals surface area contributed by atoms with Crippen LogP contribution in [-0.4, -0.2) is 36.1 Å². The van der Waals surface area contributed by atoms with Gasteiger partial charge in [0.25, 0.3) is 0 Å². The van der Waals surface area contributed by atoms with Gasteiger partial charge in [0.05, 0.1) is 5.75 Å². The number of ether oxygens (including phenoxy) is 1. The summed E-state index contributed by atoms with van der Waals surface area (Å²) in [6.45, 7) is 3.64. The Kier molecular flexibility index (Phi) is 7.69. The molecule has 0 saturated carbocycles. The molecular formula is C24H27NO4S. The third-order valence-corrected chi connectivity index (χ3v) is 6.10. The van der Waals surface area contributed by atoms with Gasteiger partial charge in [0.1, 0.15) is 0 Å². The number of nitrogens with one attached hydrogen (secondary N) is 1. The number of carbonyl (C=O) groups is 3. The molecule has 1 aliphatic carbocycles. The highest BCUT2D eigenvalue weighted by Gasteiger charge is 2.20. The largest absolute Gasteiger partial charge is 0.454 e. The number of esters is 1. The summed E-state index contributed by atoms with van der Waals surface area (Å²) in [5, 5.41) is 2.74. The summed E-state index contributed by atoms with van der Waals surface area (Å²) in [5.74, 6) is -0.502. The average Bonchev–Trinajstić information content (AvgIpc) is 3.20. The zero-order valence-electron chi connectivity index (χ0n) is 17.4. The number of aryl methyl sites for hydroxylation is 2. The van der Waals surface area contributed by atoms with Crippen molar-refractivity contribution in [3.63, 3.8) is 0 Å². The van der Waals surface area contributed by atoms with Crippen molar-refractivity contribution in [2.24, 2.45) is 0 Å². The third-order valence-electron chi connectivity index (χ3n) is 5.13. The van der Waals surface area contributed by atoms with Crippen LogP contribution in [0.2, 0.25) is 0 Å². The third kappa shape index (κ3) is 6.20. The van der Waals surface area contributed by atoms with Gasteiger partial charge in [0.15, 0.2) is 6.10 Å². The van der Waals surface area contributed by atoms with E-state index in [9.17, 15) is 14.4 Å². The van der Waals surface area contributed by atoms with Crippen LogP contribution in [0.5, 0.6) is 0 Å². The van der Waals surface area contributed by atoms with Crippen LogP contribution in [0.4, 0.5) is 0 Å². The topological polar surface area (TPSA) is 72.5 Å². The number of hydrogen-bond acceptors (Lipinski definition) is 5. The lowest BCUT2D eigenvalue weighted by molar-refractivity contribution is -0.143. The summed E-state index contributed by atoms with van der Waals surface area (Å²) in [7, 11) is 0. The molecule has 3 rings (SSSR count). The van der Waals surface area contributed by atoms with Gasteiger partial charge in [-0.05, 0) is 61.4 Å². The molecule has 0 heterocycles. The molecular weight excluding hydrogens is 398 g/mol. The van der Waals surface area contributed by atoms with E-state index in [0.717, 1.165) is 23.3 Å². The predicted molar refractivity (Wildman–Crippen MR) is 118 cm³/mol. The lowest BCUT2D eigenvalue weighted by Crippen LogP contribution is -2.25.